The van der Waals surface area contributed by atoms with Gasteiger partial charge in [0.2, 0.25) is 0 Å². The molecule has 0 spiro atoms. The van der Waals surface area contributed by atoms with Crippen molar-refractivity contribution in [1.29, 1.82) is 0 Å². The van der Waals surface area contributed by atoms with Crippen molar-refractivity contribution in [2.45, 2.75) is 78.6 Å². The molecule has 0 aliphatic rings. The van der Waals surface area contributed by atoms with Gasteiger partial charge in [0.05, 0.1) is 13.2 Å². The molecule has 0 aromatic carbocycles. The molecule has 0 rings (SSSR count). The monoisotopic (exact) mass is 300 g/mol. The minimum Gasteiger partial charge on any atom is -0.466 e. The predicted molar refractivity (Wildman–Crippen MR) is 84.0 cm³/mol. The fraction of sp³-hybridized carbons (Fsp3) is 0.882. The molecule has 0 unspecified atom stereocenters. The van der Waals surface area contributed by atoms with E-state index in [2.05, 4.69) is 6.92 Å². The van der Waals surface area contributed by atoms with Gasteiger partial charge in [-0.1, -0.05) is 52.9 Å². The standard InChI is InChI=1S/C17H32O4/c1-4-5-6-7-8-9-13-20-16(18)11-10-12-17(19)21-14-15(2)3/h15H,4-14H2,1-3H3. The highest BCUT2D eigenvalue weighted by Crippen LogP contribution is 2.06. The molecule has 0 bridgehead atoms. The molecule has 0 heterocycles. The molecule has 0 aromatic rings. The molecule has 124 valence electrons. The van der Waals surface area contributed by atoms with E-state index in [9.17, 15) is 9.59 Å². The summed E-state index contributed by atoms with van der Waals surface area (Å²) in [6.07, 6.45) is 8.16. The number of carbonyl (C=O) groups excluding carboxylic acids is 2. The number of hydrogen-bond donors (Lipinski definition) is 0. The number of ether oxygens (including phenoxy) is 2. The number of unbranched alkanes of at least 4 members (excludes halogenated alkanes) is 5. The summed E-state index contributed by atoms with van der Waals surface area (Å²) in [5.41, 5.74) is 0. The summed E-state index contributed by atoms with van der Waals surface area (Å²) < 4.78 is 10.2. The minimum absolute atomic E-state index is 0.208. The Labute approximate surface area is 129 Å². The van der Waals surface area contributed by atoms with E-state index in [1.165, 1.54) is 25.7 Å². The lowest BCUT2D eigenvalue weighted by Gasteiger charge is -2.07. The summed E-state index contributed by atoms with van der Waals surface area (Å²) in [5, 5.41) is 0. The van der Waals surface area contributed by atoms with Gasteiger partial charge in [-0.3, -0.25) is 9.59 Å². The largest absolute Gasteiger partial charge is 0.466 e. The number of rotatable bonds is 13. The lowest BCUT2D eigenvalue weighted by atomic mass is 10.1. The zero-order valence-corrected chi connectivity index (χ0v) is 14.0. The summed E-state index contributed by atoms with van der Waals surface area (Å²) in [4.78, 5) is 22.8. The normalized spacial score (nSPS) is 10.7. The first-order chi connectivity index (χ1) is 10.1. The molecular formula is C17H32O4. The molecule has 21 heavy (non-hydrogen) atoms. The van der Waals surface area contributed by atoms with Crippen LogP contribution in [0, 0.1) is 5.92 Å². The van der Waals surface area contributed by atoms with E-state index in [-0.39, 0.29) is 11.9 Å². The van der Waals surface area contributed by atoms with Gasteiger partial charge >= 0.3 is 11.9 Å². The number of carbonyl (C=O) groups is 2. The molecule has 0 atom stereocenters. The predicted octanol–water partition coefficient (Wildman–Crippen LogP) is 4.26. The Morgan fingerprint density at radius 3 is 2.00 bits per heavy atom. The van der Waals surface area contributed by atoms with Gasteiger partial charge in [0, 0.05) is 12.8 Å². The van der Waals surface area contributed by atoms with Gasteiger partial charge in [0.15, 0.2) is 0 Å². The lowest BCUT2D eigenvalue weighted by molar-refractivity contribution is -0.146. The second kappa shape index (κ2) is 13.9. The van der Waals surface area contributed by atoms with Crippen molar-refractivity contribution in [1.82, 2.24) is 0 Å². The van der Waals surface area contributed by atoms with Crippen molar-refractivity contribution in [3.8, 4) is 0 Å². The van der Waals surface area contributed by atoms with Gasteiger partial charge in [-0.2, -0.15) is 0 Å². The van der Waals surface area contributed by atoms with Gasteiger partial charge in [-0.15, -0.1) is 0 Å². The number of hydrogen-bond acceptors (Lipinski definition) is 4. The van der Waals surface area contributed by atoms with Crippen LogP contribution < -0.4 is 0 Å². The van der Waals surface area contributed by atoms with Crippen LogP contribution in [0.25, 0.3) is 0 Å². The highest BCUT2D eigenvalue weighted by Gasteiger charge is 2.07. The third-order valence-electron chi connectivity index (χ3n) is 3.10. The van der Waals surface area contributed by atoms with E-state index in [0.717, 1.165) is 12.8 Å². The molecular weight excluding hydrogens is 268 g/mol. The minimum atomic E-state index is -0.229. The molecule has 0 fully saturated rings. The first kappa shape index (κ1) is 19.9. The second-order valence-corrected chi connectivity index (χ2v) is 5.92. The zero-order valence-electron chi connectivity index (χ0n) is 14.0. The van der Waals surface area contributed by atoms with E-state index in [0.29, 0.717) is 38.4 Å². The van der Waals surface area contributed by atoms with E-state index in [4.69, 9.17) is 9.47 Å². The van der Waals surface area contributed by atoms with Crippen LogP contribution in [-0.2, 0) is 19.1 Å². The topological polar surface area (TPSA) is 52.6 Å². The van der Waals surface area contributed by atoms with Crippen molar-refractivity contribution in [2.75, 3.05) is 13.2 Å². The van der Waals surface area contributed by atoms with Crippen molar-refractivity contribution in [3.63, 3.8) is 0 Å². The van der Waals surface area contributed by atoms with Crippen LogP contribution in [-0.4, -0.2) is 25.2 Å². The van der Waals surface area contributed by atoms with E-state index < -0.39 is 0 Å². The van der Waals surface area contributed by atoms with Crippen LogP contribution in [0.15, 0.2) is 0 Å². The summed E-state index contributed by atoms with van der Waals surface area (Å²) in [7, 11) is 0. The molecule has 4 nitrogen and oxygen atoms in total. The smallest absolute Gasteiger partial charge is 0.305 e. The van der Waals surface area contributed by atoms with Crippen LogP contribution in [0.5, 0.6) is 0 Å². The van der Waals surface area contributed by atoms with Crippen LogP contribution in [0.1, 0.15) is 78.6 Å². The van der Waals surface area contributed by atoms with Crippen molar-refractivity contribution in [3.05, 3.63) is 0 Å². The summed E-state index contributed by atoms with van der Waals surface area (Å²) in [6, 6.07) is 0. The van der Waals surface area contributed by atoms with E-state index in [1.807, 2.05) is 13.8 Å². The fourth-order valence-corrected chi connectivity index (χ4v) is 1.85. The SMILES string of the molecule is CCCCCCCCOC(=O)CCCC(=O)OCC(C)C. The lowest BCUT2D eigenvalue weighted by Crippen LogP contribution is -2.11. The first-order valence-corrected chi connectivity index (χ1v) is 8.37. The maximum Gasteiger partial charge on any atom is 0.305 e. The molecule has 0 N–H and O–H groups in total. The van der Waals surface area contributed by atoms with Gasteiger partial charge in [-0.25, -0.2) is 0 Å². The van der Waals surface area contributed by atoms with Crippen LogP contribution in [0.3, 0.4) is 0 Å². The van der Waals surface area contributed by atoms with Gasteiger partial charge in [-0.05, 0) is 18.8 Å². The maximum absolute atomic E-state index is 11.5. The zero-order chi connectivity index (χ0) is 15.9. The van der Waals surface area contributed by atoms with E-state index >= 15 is 0 Å². The van der Waals surface area contributed by atoms with Crippen LogP contribution >= 0.6 is 0 Å². The molecule has 0 aromatic heterocycles. The summed E-state index contributed by atoms with van der Waals surface area (Å²) in [5.74, 6) is -0.0936. The van der Waals surface area contributed by atoms with Gasteiger partial charge in [0.25, 0.3) is 0 Å². The molecule has 4 heteroatoms. The van der Waals surface area contributed by atoms with Crippen molar-refractivity contribution >= 4 is 11.9 Å². The molecule has 0 amide bonds. The second-order valence-electron chi connectivity index (χ2n) is 5.92. The molecule has 0 aliphatic heterocycles. The van der Waals surface area contributed by atoms with Crippen molar-refractivity contribution < 1.29 is 19.1 Å². The molecule has 0 saturated carbocycles. The Balaban J connectivity index is 3.36. The number of esters is 2. The summed E-state index contributed by atoms with van der Waals surface area (Å²) >= 11 is 0. The third-order valence-corrected chi connectivity index (χ3v) is 3.10. The van der Waals surface area contributed by atoms with Gasteiger partial charge < -0.3 is 9.47 Å². The highest BCUT2D eigenvalue weighted by molar-refractivity contribution is 5.72. The Hall–Kier alpha value is -1.06. The van der Waals surface area contributed by atoms with Crippen LogP contribution in [0.4, 0.5) is 0 Å². The summed E-state index contributed by atoms with van der Waals surface area (Å²) in [6.45, 7) is 7.13. The molecule has 0 radical (unpaired) electrons. The molecule has 0 saturated heterocycles. The third kappa shape index (κ3) is 15.2. The maximum atomic E-state index is 11.5. The van der Waals surface area contributed by atoms with Gasteiger partial charge in [0.1, 0.15) is 0 Å². The Morgan fingerprint density at radius 2 is 1.38 bits per heavy atom. The Bertz CT molecular complexity index is 274. The Kier molecular flexibility index (Phi) is 13.2. The fourth-order valence-electron chi connectivity index (χ4n) is 1.85. The van der Waals surface area contributed by atoms with E-state index in [1.54, 1.807) is 0 Å². The Morgan fingerprint density at radius 1 is 0.810 bits per heavy atom. The first-order valence-electron chi connectivity index (χ1n) is 8.37. The quantitative estimate of drug-likeness (QED) is 0.377. The average molecular weight is 300 g/mol. The van der Waals surface area contributed by atoms with Crippen molar-refractivity contribution in [2.24, 2.45) is 5.92 Å². The van der Waals surface area contributed by atoms with Crippen LogP contribution in [0.2, 0.25) is 0 Å². The highest BCUT2D eigenvalue weighted by atomic mass is 16.5. The molecule has 0 aliphatic carbocycles. The average Bonchev–Trinajstić information content (AvgIpc) is 2.44.